The van der Waals surface area contributed by atoms with E-state index >= 15 is 0 Å². The van der Waals surface area contributed by atoms with E-state index in [-0.39, 0.29) is 29.4 Å². The first kappa shape index (κ1) is 16.2. The van der Waals surface area contributed by atoms with E-state index in [2.05, 4.69) is 5.32 Å². The fourth-order valence-electron chi connectivity index (χ4n) is 1.81. The van der Waals surface area contributed by atoms with Gasteiger partial charge in [0.05, 0.1) is 4.92 Å². The highest BCUT2D eigenvalue weighted by molar-refractivity contribution is 5.91. The van der Waals surface area contributed by atoms with Crippen molar-refractivity contribution < 1.29 is 19.2 Å². The molecule has 0 aliphatic rings. The molecule has 0 saturated carbocycles. The number of aromatic hydroxyl groups is 1. The van der Waals surface area contributed by atoms with Crippen molar-refractivity contribution in [1.29, 1.82) is 0 Å². The minimum Gasteiger partial charge on any atom is -0.508 e. The van der Waals surface area contributed by atoms with Crippen LogP contribution in [-0.2, 0) is 11.3 Å². The highest BCUT2D eigenvalue weighted by Crippen LogP contribution is 2.22. The molecule has 0 radical (unpaired) electrons. The van der Waals surface area contributed by atoms with Crippen LogP contribution in [0.15, 0.2) is 48.5 Å². The summed E-state index contributed by atoms with van der Waals surface area (Å²) in [5.41, 5.74) is 0.719. The molecular formula is C16H13FN2O4. The number of nitro groups is 1. The summed E-state index contributed by atoms with van der Waals surface area (Å²) in [6.45, 7) is -0.0555. The maximum absolute atomic E-state index is 12.7. The topological polar surface area (TPSA) is 92.5 Å². The zero-order valence-corrected chi connectivity index (χ0v) is 11.9. The number of nitrogens with zero attached hydrogens (tertiary/aromatic N) is 1. The van der Waals surface area contributed by atoms with E-state index < -0.39 is 10.8 Å². The summed E-state index contributed by atoms with van der Waals surface area (Å²) in [6.07, 6.45) is 2.75. The third-order valence-electron chi connectivity index (χ3n) is 3.02. The van der Waals surface area contributed by atoms with Crippen LogP contribution in [0, 0.1) is 15.9 Å². The predicted molar refractivity (Wildman–Crippen MR) is 82.0 cm³/mol. The Kier molecular flexibility index (Phi) is 5.03. The molecule has 0 aromatic heterocycles. The summed E-state index contributed by atoms with van der Waals surface area (Å²) < 4.78 is 12.7. The minimum atomic E-state index is -0.584. The van der Waals surface area contributed by atoms with Crippen LogP contribution in [0.4, 0.5) is 10.1 Å². The Morgan fingerprint density at radius 3 is 2.61 bits per heavy atom. The molecule has 7 heteroatoms. The number of halogens is 1. The zero-order valence-electron chi connectivity index (χ0n) is 11.9. The number of nitrogens with one attached hydrogen (secondary N) is 1. The Morgan fingerprint density at radius 2 is 1.96 bits per heavy atom. The SMILES string of the molecule is O=C(/C=C/c1ccc(F)cc1)NCc1cc([N+](=O)[O-])ccc1O. The Bertz CT molecular complexity index is 757. The van der Waals surface area contributed by atoms with Gasteiger partial charge in [0.25, 0.3) is 5.69 Å². The van der Waals surface area contributed by atoms with Crippen molar-refractivity contribution in [3.63, 3.8) is 0 Å². The van der Waals surface area contributed by atoms with Gasteiger partial charge in [-0.15, -0.1) is 0 Å². The second-order valence-electron chi connectivity index (χ2n) is 4.67. The van der Waals surface area contributed by atoms with Crippen LogP contribution < -0.4 is 5.32 Å². The number of amides is 1. The van der Waals surface area contributed by atoms with Crippen LogP contribution in [0.25, 0.3) is 6.08 Å². The van der Waals surface area contributed by atoms with E-state index in [0.29, 0.717) is 5.56 Å². The average Bonchev–Trinajstić information content (AvgIpc) is 2.53. The molecule has 2 aromatic rings. The Labute approximate surface area is 131 Å². The quantitative estimate of drug-likeness (QED) is 0.504. The van der Waals surface area contributed by atoms with Crippen molar-refractivity contribution >= 4 is 17.7 Å². The maximum atomic E-state index is 12.7. The first-order chi connectivity index (χ1) is 11.0. The van der Waals surface area contributed by atoms with Crippen LogP contribution in [-0.4, -0.2) is 15.9 Å². The molecule has 2 N–H and O–H groups in total. The van der Waals surface area contributed by atoms with Gasteiger partial charge in [-0.05, 0) is 29.8 Å². The number of rotatable bonds is 5. The first-order valence-corrected chi connectivity index (χ1v) is 6.63. The number of phenols is 1. The van der Waals surface area contributed by atoms with Gasteiger partial charge in [-0.1, -0.05) is 12.1 Å². The largest absolute Gasteiger partial charge is 0.508 e. The summed E-state index contributed by atoms with van der Waals surface area (Å²) in [5.74, 6) is -0.952. The van der Waals surface area contributed by atoms with Gasteiger partial charge in [-0.25, -0.2) is 4.39 Å². The molecule has 23 heavy (non-hydrogen) atoms. The molecule has 0 atom stereocenters. The summed E-state index contributed by atoms with van der Waals surface area (Å²) in [6, 6.07) is 9.16. The van der Waals surface area contributed by atoms with Gasteiger partial charge < -0.3 is 10.4 Å². The molecule has 0 unspecified atom stereocenters. The van der Waals surface area contributed by atoms with Crippen LogP contribution >= 0.6 is 0 Å². The fraction of sp³-hybridized carbons (Fsp3) is 0.0625. The number of carbonyl (C=O) groups is 1. The molecule has 2 aromatic carbocycles. The lowest BCUT2D eigenvalue weighted by atomic mass is 10.1. The van der Waals surface area contributed by atoms with Crippen LogP contribution in [0.2, 0.25) is 0 Å². The summed E-state index contributed by atoms with van der Waals surface area (Å²) in [7, 11) is 0. The molecule has 0 aliphatic heterocycles. The van der Waals surface area contributed by atoms with Crippen molar-refractivity contribution in [2.24, 2.45) is 0 Å². The van der Waals surface area contributed by atoms with Crippen molar-refractivity contribution in [2.45, 2.75) is 6.54 Å². The monoisotopic (exact) mass is 316 g/mol. The normalized spacial score (nSPS) is 10.7. The minimum absolute atomic E-state index is 0.0555. The van der Waals surface area contributed by atoms with E-state index in [9.17, 15) is 24.4 Å². The van der Waals surface area contributed by atoms with Gasteiger partial charge >= 0.3 is 0 Å². The third kappa shape index (κ3) is 4.63. The number of non-ortho nitro benzene ring substituents is 1. The number of carbonyl (C=O) groups excluding carboxylic acids is 1. The molecule has 0 heterocycles. The maximum Gasteiger partial charge on any atom is 0.270 e. The number of hydrogen-bond donors (Lipinski definition) is 2. The van der Waals surface area contributed by atoms with E-state index in [4.69, 9.17) is 0 Å². The Balaban J connectivity index is 1.97. The standard InChI is InChI=1S/C16H13FN2O4/c17-13-4-1-11(2-5-13)3-8-16(21)18-10-12-9-14(19(22)23)6-7-15(12)20/h1-9,20H,10H2,(H,18,21)/b8-3+. The molecule has 0 bridgehead atoms. The second kappa shape index (κ2) is 7.17. The summed E-state index contributed by atoms with van der Waals surface area (Å²) >= 11 is 0. The van der Waals surface area contributed by atoms with E-state index in [0.717, 1.165) is 0 Å². The van der Waals surface area contributed by atoms with E-state index in [1.54, 1.807) is 0 Å². The number of hydrogen-bond acceptors (Lipinski definition) is 4. The first-order valence-electron chi connectivity index (χ1n) is 6.63. The molecule has 1 amide bonds. The van der Waals surface area contributed by atoms with Crippen LogP contribution in [0.5, 0.6) is 5.75 Å². The third-order valence-corrected chi connectivity index (χ3v) is 3.02. The van der Waals surface area contributed by atoms with Crippen LogP contribution in [0.1, 0.15) is 11.1 Å². The molecule has 0 fully saturated rings. The van der Waals surface area contributed by atoms with Gasteiger partial charge in [0.1, 0.15) is 11.6 Å². The van der Waals surface area contributed by atoms with Crippen molar-refractivity contribution in [3.8, 4) is 5.75 Å². The number of phenolic OH excluding ortho intramolecular Hbond substituents is 1. The van der Waals surface area contributed by atoms with Crippen molar-refractivity contribution in [2.75, 3.05) is 0 Å². The molecule has 2 rings (SSSR count). The highest BCUT2D eigenvalue weighted by atomic mass is 19.1. The van der Waals surface area contributed by atoms with Gasteiger partial charge in [0.15, 0.2) is 0 Å². The fourth-order valence-corrected chi connectivity index (χ4v) is 1.81. The molecule has 0 saturated heterocycles. The van der Waals surface area contributed by atoms with Gasteiger partial charge in [0, 0.05) is 30.3 Å². The van der Waals surface area contributed by atoms with Gasteiger partial charge in [-0.3, -0.25) is 14.9 Å². The van der Waals surface area contributed by atoms with Crippen molar-refractivity contribution in [1.82, 2.24) is 5.32 Å². The van der Waals surface area contributed by atoms with Crippen molar-refractivity contribution in [3.05, 3.63) is 75.6 Å². The summed E-state index contributed by atoms with van der Waals surface area (Å²) in [4.78, 5) is 21.8. The smallest absolute Gasteiger partial charge is 0.270 e. The molecule has 118 valence electrons. The van der Waals surface area contributed by atoms with Gasteiger partial charge in [-0.2, -0.15) is 0 Å². The molecule has 0 aliphatic carbocycles. The average molecular weight is 316 g/mol. The van der Waals surface area contributed by atoms with Crippen LogP contribution in [0.3, 0.4) is 0 Å². The lowest BCUT2D eigenvalue weighted by molar-refractivity contribution is -0.384. The Hall–Kier alpha value is -3.22. The molecule has 0 spiro atoms. The zero-order chi connectivity index (χ0) is 16.8. The summed E-state index contributed by atoms with van der Waals surface area (Å²) in [5, 5.41) is 22.8. The number of benzene rings is 2. The molecular weight excluding hydrogens is 303 g/mol. The Morgan fingerprint density at radius 1 is 1.26 bits per heavy atom. The van der Waals surface area contributed by atoms with E-state index in [1.807, 2.05) is 0 Å². The van der Waals surface area contributed by atoms with Gasteiger partial charge in [0.2, 0.25) is 5.91 Å². The van der Waals surface area contributed by atoms with E-state index in [1.165, 1.54) is 54.6 Å². The highest BCUT2D eigenvalue weighted by Gasteiger charge is 2.10. The lowest BCUT2D eigenvalue weighted by Gasteiger charge is -2.05. The molecule has 6 nitrogen and oxygen atoms in total. The predicted octanol–water partition coefficient (Wildman–Crippen LogP) is 2.77. The number of nitro benzene ring substituents is 1. The second-order valence-corrected chi connectivity index (χ2v) is 4.67. The lowest BCUT2D eigenvalue weighted by Crippen LogP contribution is -2.20.